The fraction of sp³-hybridized carbons (Fsp3) is 0.500. The quantitative estimate of drug-likeness (QED) is 0.589. The largest absolute Gasteiger partial charge is 0.396 e. The Hall–Kier alpha value is -1.62. The summed E-state index contributed by atoms with van der Waals surface area (Å²) >= 11 is 0. The predicted molar refractivity (Wildman–Crippen MR) is 67.2 cm³/mol. The summed E-state index contributed by atoms with van der Waals surface area (Å²) in [7, 11) is 0. The van der Waals surface area contributed by atoms with Crippen LogP contribution < -0.4 is 5.32 Å². The van der Waals surface area contributed by atoms with Gasteiger partial charge in [0.15, 0.2) is 0 Å². The molecule has 5 heteroatoms. The first-order valence-corrected chi connectivity index (χ1v) is 5.67. The van der Waals surface area contributed by atoms with E-state index in [0.29, 0.717) is 12.1 Å². The molecular formula is C12H18N2O3. The number of benzene rings is 1. The maximum absolute atomic E-state index is 10.9. The minimum atomic E-state index is -0.381. The Morgan fingerprint density at radius 3 is 2.82 bits per heavy atom. The number of hydrogen-bond donors (Lipinski definition) is 2. The predicted octanol–water partition coefficient (Wildman–Crippen LogP) is 2.48. The van der Waals surface area contributed by atoms with Gasteiger partial charge in [0.25, 0.3) is 5.69 Å². The van der Waals surface area contributed by atoms with E-state index in [0.717, 1.165) is 12.0 Å². The summed E-state index contributed by atoms with van der Waals surface area (Å²) in [5.74, 6) is 0. The van der Waals surface area contributed by atoms with E-state index in [9.17, 15) is 10.1 Å². The van der Waals surface area contributed by atoms with Gasteiger partial charge in [-0.2, -0.15) is 0 Å². The molecule has 17 heavy (non-hydrogen) atoms. The molecule has 0 bridgehead atoms. The van der Waals surface area contributed by atoms with Gasteiger partial charge in [0.1, 0.15) is 5.69 Å². The molecular weight excluding hydrogens is 220 g/mol. The van der Waals surface area contributed by atoms with Crippen LogP contribution in [0.1, 0.15) is 25.3 Å². The summed E-state index contributed by atoms with van der Waals surface area (Å²) < 4.78 is 0. The molecule has 0 saturated heterocycles. The van der Waals surface area contributed by atoms with Gasteiger partial charge in [-0.25, -0.2) is 0 Å². The van der Waals surface area contributed by atoms with Crippen molar-refractivity contribution in [2.75, 3.05) is 11.9 Å². The second-order valence-electron chi connectivity index (χ2n) is 4.19. The third kappa shape index (κ3) is 4.03. The van der Waals surface area contributed by atoms with Gasteiger partial charge in [-0.05, 0) is 38.3 Å². The molecule has 0 fully saturated rings. The van der Waals surface area contributed by atoms with Gasteiger partial charge < -0.3 is 10.4 Å². The van der Waals surface area contributed by atoms with Gasteiger partial charge in [-0.15, -0.1) is 0 Å². The SMILES string of the molecule is Cc1ccc(NC(C)CCCO)c([N+](=O)[O-])c1. The molecule has 0 aliphatic heterocycles. The minimum Gasteiger partial charge on any atom is -0.396 e. The molecule has 0 heterocycles. The highest BCUT2D eigenvalue weighted by molar-refractivity contribution is 5.62. The molecule has 2 N–H and O–H groups in total. The van der Waals surface area contributed by atoms with Crippen LogP contribution in [0.2, 0.25) is 0 Å². The molecule has 1 unspecified atom stereocenters. The number of hydrogen-bond acceptors (Lipinski definition) is 4. The van der Waals surface area contributed by atoms with E-state index >= 15 is 0 Å². The fourth-order valence-electron chi connectivity index (χ4n) is 1.65. The van der Waals surface area contributed by atoms with Gasteiger partial charge >= 0.3 is 0 Å². The average molecular weight is 238 g/mol. The Kier molecular flexibility index (Phi) is 4.90. The lowest BCUT2D eigenvalue weighted by Gasteiger charge is -2.14. The highest BCUT2D eigenvalue weighted by atomic mass is 16.6. The number of aliphatic hydroxyl groups is 1. The van der Waals surface area contributed by atoms with Crippen LogP contribution in [-0.2, 0) is 0 Å². The lowest BCUT2D eigenvalue weighted by molar-refractivity contribution is -0.384. The Bertz CT molecular complexity index is 393. The number of nitro benzene ring substituents is 1. The van der Waals surface area contributed by atoms with Crippen LogP contribution >= 0.6 is 0 Å². The van der Waals surface area contributed by atoms with Gasteiger partial charge in [-0.1, -0.05) is 6.07 Å². The molecule has 0 aliphatic rings. The second-order valence-corrected chi connectivity index (χ2v) is 4.19. The number of nitrogens with zero attached hydrogens (tertiary/aromatic N) is 1. The second kappa shape index (κ2) is 6.20. The molecule has 0 aromatic heterocycles. The molecule has 5 nitrogen and oxygen atoms in total. The Labute approximate surface area is 101 Å². The van der Waals surface area contributed by atoms with Crippen molar-refractivity contribution in [3.63, 3.8) is 0 Å². The lowest BCUT2D eigenvalue weighted by atomic mass is 10.1. The van der Waals surface area contributed by atoms with Crippen molar-refractivity contribution in [2.45, 2.75) is 32.7 Å². The highest BCUT2D eigenvalue weighted by Gasteiger charge is 2.15. The van der Waals surface area contributed by atoms with Crippen molar-refractivity contribution in [3.05, 3.63) is 33.9 Å². The number of nitro groups is 1. The third-order valence-electron chi connectivity index (χ3n) is 2.55. The van der Waals surface area contributed by atoms with E-state index < -0.39 is 0 Å². The molecule has 0 aliphatic carbocycles. The minimum absolute atomic E-state index is 0.0980. The summed E-state index contributed by atoms with van der Waals surface area (Å²) in [5.41, 5.74) is 1.50. The molecule has 0 saturated carbocycles. The molecule has 0 radical (unpaired) electrons. The van der Waals surface area contributed by atoms with Crippen LogP contribution in [0.25, 0.3) is 0 Å². The van der Waals surface area contributed by atoms with E-state index in [1.54, 1.807) is 12.1 Å². The van der Waals surface area contributed by atoms with Crippen molar-refractivity contribution in [2.24, 2.45) is 0 Å². The zero-order chi connectivity index (χ0) is 12.8. The molecule has 1 aromatic rings. The Balaban J connectivity index is 2.79. The van der Waals surface area contributed by atoms with Crippen LogP contribution in [-0.4, -0.2) is 22.7 Å². The first-order valence-electron chi connectivity index (χ1n) is 5.67. The Morgan fingerprint density at radius 2 is 2.24 bits per heavy atom. The maximum Gasteiger partial charge on any atom is 0.292 e. The summed E-state index contributed by atoms with van der Waals surface area (Å²) in [4.78, 5) is 10.5. The van der Waals surface area contributed by atoms with E-state index in [-0.39, 0.29) is 23.3 Å². The molecule has 0 amide bonds. The van der Waals surface area contributed by atoms with E-state index in [1.807, 2.05) is 19.9 Å². The molecule has 1 aromatic carbocycles. The Morgan fingerprint density at radius 1 is 1.53 bits per heavy atom. The summed E-state index contributed by atoms with van der Waals surface area (Å²) in [6, 6.07) is 5.22. The van der Waals surface area contributed by atoms with Gasteiger partial charge in [0.05, 0.1) is 4.92 Å². The average Bonchev–Trinajstić information content (AvgIpc) is 2.28. The van der Waals surface area contributed by atoms with Gasteiger partial charge in [-0.3, -0.25) is 10.1 Å². The lowest BCUT2D eigenvalue weighted by Crippen LogP contribution is -2.16. The van der Waals surface area contributed by atoms with E-state index in [4.69, 9.17) is 5.11 Å². The number of nitrogens with one attached hydrogen (secondary N) is 1. The van der Waals surface area contributed by atoms with Crippen LogP contribution in [0.15, 0.2) is 18.2 Å². The standard InChI is InChI=1S/C12H18N2O3/c1-9-5-6-11(12(8-9)14(16)17)13-10(2)4-3-7-15/h5-6,8,10,13,15H,3-4,7H2,1-2H3. The first-order chi connectivity index (χ1) is 8.04. The highest BCUT2D eigenvalue weighted by Crippen LogP contribution is 2.26. The smallest absolute Gasteiger partial charge is 0.292 e. The topological polar surface area (TPSA) is 75.4 Å². The zero-order valence-corrected chi connectivity index (χ0v) is 10.1. The molecule has 94 valence electrons. The van der Waals surface area contributed by atoms with Crippen LogP contribution in [0.3, 0.4) is 0 Å². The van der Waals surface area contributed by atoms with Gasteiger partial charge in [0.2, 0.25) is 0 Å². The van der Waals surface area contributed by atoms with E-state index in [2.05, 4.69) is 5.32 Å². The fourth-order valence-corrected chi connectivity index (χ4v) is 1.65. The molecule has 1 atom stereocenters. The summed E-state index contributed by atoms with van der Waals surface area (Å²) in [6.07, 6.45) is 1.47. The number of anilines is 1. The van der Waals surface area contributed by atoms with Crippen molar-refractivity contribution in [3.8, 4) is 0 Å². The van der Waals surface area contributed by atoms with Crippen molar-refractivity contribution >= 4 is 11.4 Å². The van der Waals surface area contributed by atoms with Crippen molar-refractivity contribution in [1.29, 1.82) is 0 Å². The summed E-state index contributed by atoms with van der Waals surface area (Å²) in [5, 5.41) is 22.7. The molecule has 1 rings (SSSR count). The number of rotatable bonds is 6. The third-order valence-corrected chi connectivity index (χ3v) is 2.55. The van der Waals surface area contributed by atoms with Gasteiger partial charge in [0, 0.05) is 18.7 Å². The van der Waals surface area contributed by atoms with Crippen LogP contribution in [0.5, 0.6) is 0 Å². The maximum atomic E-state index is 10.9. The van der Waals surface area contributed by atoms with Crippen molar-refractivity contribution in [1.82, 2.24) is 0 Å². The monoisotopic (exact) mass is 238 g/mol. The van der Waals surface area contributed by atoms with E-state index in [1.165, 1.54) is 0 Å². The van der Waals surface area contributed by atoms with Crippen LogP contribution in [0, 0.1) is 17.0 Å². The summed E-state index contributed by atoms with van der Waals surface area (Å²) in [6.45, 7) is 3.91. The number of aliphatic hydroxyl groups excluding tert-OH is 1. The zero-order valence-electron chi connectivity index (χ0n) is 10.1. The first kappa shape index (κ1) is 13.4. The number of aryl methyl sites for hydroxylation is 1. The molecule has 0 spiro atoms. The van der Waals surface area contributed by atoms with Crippen molar-refractivity contribution < 1.29 is 10.0 Å². The normalized spacial score (nSPS) is 12.2. The van der Waals surface area contributed by atoms with Crippen LogP contribution in [0.4, 0.5) is 11.4 Å².